The highest BCUT2D eigenvalue weighted by Gasteiger charge is 2.36. The number of amides is 12. The van der Waals surface area contributed by atoms with Gasteiger partial charge in [0.1, 0.15) is 66.2 Å². The van der Waals surface area contributed by atoms with Crippen molar-refractivity contribution in [2.24, 2.45) is 122 Å². The molecular formula is C67H123N33O15S. The molecule has 0 bridgehead atoms. The van der Waals surface area contributed by atoms with E-state index in [0.717, 1.165) is 0 Å². The van der Waals surface area contributed by atoms with Crippen molar-refractivity contribution in [1.29, 1.82) is 0 Å². The molecule has 652 valence electrons. The predicted molar refractivity (Wildman–Crippen MR) is 437 cm³/mol. The SMILES string of the molecule is NCCCC[C@H](NC(=O)[C@H](CCCN=C(N)N)NC(=O)CNC(=O)[C@H](Cc1ccc(O)cc1)NC(=O)[C@@H](N)CS)C(=O)N[C@@H](CCCCN)C(=O)N[C@@H](CCCN=C(N)N)C(=O)N[C@@H](CCCN=C(N)N)C(=O)N[C@@H](CCC(N)=O)C(=O)N[C@@H](CCCN=C(N)N)C(=O)N[C@@H](CCCN=C(N)N)C(=O)N[C@@H](CCCN=C(N)N)C(=O)O. The van der Waals surface area contributed by atoms with Crippen molar-refractivity contribution in [1.82, 2.24) is 58.5 Å². The molecule has 0 aliphatic rings. The smallest absolute Gasteiger partial charge is 0.326 e. The number of rotatable bonds is 61. The van der Waals surface area contributed by atoms with Crippen LogP contribution in [0.5, 0.6) is 5.75 Å². The van der Waals surface area contributed by atoms with Crippen LogP contribution < -0.4 is 150 Å². The number of unbranched alkanes of at least 4 members (excludes halogenated alkanes) is 2. The number of nitrogens with two attached hydrogens (primary N) is 16. The van der Waals surface area contributed by atoms with E-state index in [1.807, 2.05) is 0 Å². The molecule has 116 heavy (non-hydrogen) atoms. The van der Waals surface area contributed by atoms with Crippen molar-refractivity contribution in [3.63, 3.8) is 0 Å². The lowest BCUT2D eigenvalue weighted by atomic mass is 10.0. The van der Waals surface area contributed by atoms with Crippen molar-refractivity contribution in [2.45, 2.75) is 201 Å². The van der Waals surface area contributed by atoms with E-state index in [1.54, 1.807) is 0 Å². The van der Waals surface area contributed by atoms with Crippen LogP contribution in [0, 0.1) is 0 Å². The van der Waals surface area contributed by atoms with Crippen LogP contribution in [-0.2, 0) is 68.7 Å². The number of guanidine groups is 6. The molecule has 0 radical (unpaired) electrons. The minimum atomic E-state index is -1.75. The van der Waals surface area contributed by atoms with Gasteiger partial charge in [0.05, 0.1) is 12.6 Å². The van der Waals surface area contributed by atoms with E-state index in [0.29, 0.717) is 18.4 Å². The second-order valence-corrected chi connectivity index (χ2v) is 27.0. The summed E-state index contributed by atoms with van der Waals surface area (Å²) < 4.78 is 0. The topological polar surface area (TPSA) is 885 Å². The van der Waals surface area contributed by atoms with Crippen LogP contribution in [0.15, 0.2) is 54.2 Å². The fourth-order valence-electron chi connectivity index (χ4n) is 10.9. The van der Waals surface area contributed by atoms with E-state index < -0.39 is 163 Å². The number of nitrogens with zero attached hydrogens (tertiary/aromatic N) is 6. The lowest BCUT2D eigenvalue weighted by Gasteiger charge is -2.28. The third kappa shape index (κ3) is 46.2. The van der Waals surface area contributed by atoms with Crippen molar-refractivity contribution in [3.8, 4) is 5.75 Å². The first-order chi connectivity index (χ1) is 54.9. The number of phenols is 1. The molecule has 12 amide bonds. The minimum absolute atomic E-state index is 0.0111. The maximum absolute atomic E-state index is 14.9. The highest BCUT2D eigenvalue weighted by atomic mass is 32.1. The van der Waals surface area contributed by atoms with Gasteiger partial charge in [0.15, 0.2) is 35.8 Å². The average molecular weight is 1660 g/mol. The summed E-state index contributed by atoms with van der Waals surface area (Å²) in [6.07, 6.45) is -1.41. The van der Waals surface area contributed by atoms with E-state index in [4.69, 9.17) is 91.7 Å². The number of hydrogen-bond acceptors (Lipinski definition) is 24. The van der Waals surface area contributed by atoms with E-state index in [-0.39, 0.29) is 209 Å². The first-order valence-corrected chi connectivity index (χ1v) is 38.2. The molecule has 48 nitrogen and oxygen atoms in total. The number of thiol groups is 1. The number of carboxylic acid groups (broad SMARTS) is 1. The normalized spacial score (nSPS) is 13.6. The van der Waals surface area contributed by atoms with Gasteiger partial charge in [0.2, 0.25) is 70.9 Å². The number of hydrogen-bond donors (Lipinski definition) is 30. The van der Waals surface area contributed by atoms with E-state index in [9.17, 15) is 72.5 Å². The van der Waals surface area contributed by atoms with E-state index in [2.05, 4.69) is 101 Å². The summed E-state index contributed by atoms with van der Waals surface area (Å²) in [6, 6.07) is -10.6. The Hall–Kier alpha value is -12.0. The Morgan fingerprint density at radius 1 is 0.336 bits per heavy atom. The molecule has 0 aliphatic carbocycles. The van der Waals surface area contributed by atoms with Gasteiger partial charge in [-0.05, 0) is 153 Å². The Kier molecular flexibility index (Phi) is 50.9. The zero-order valence-electron chi connectivity index (χ0n) is 65.2. The molecule has 1 rings (SSSR count). The number of nitrogens with one attached hydrogen (secondary N) is 11. The molecule has 0 saturated heterocycles. The Morgan fingerprint density at radius 3 is 0.862 bits per heavy atom. The van der Waals surface area contributed by atoms with Crippen LogP contribution in [0.4, 0.5) is 0 Å². The lowest BCUT2D eigenvalue weighted by Crippen LogP contribution is -2.60. The van der Waals surface area contributed by atoms with Gasteiger partial charge in [-0.1, -0.05) is 12.1 Å². The second kappa shape index (κ2) is 57.9. The number of carbonyl (C=O) groups excluding carboxylic acids is 12. The Morgan fingerprint density at radius 2 is 0.595 bits per heavy atom. The fraction of sp³-hybridized carbons (Fsp3) is 0.627. The maximum atomic E-state index is 14.9. The molecular weight excluding hydrogens is 1540 g/mol. The predicted octanol–water partition coefficient (Wildman–Crippen LogP) is -11.9. The quantitative estimate of drug-likeness (QED) is 0.0125. The molecule has 0 fully saturated rings. The number of aliphatic imine (C=N–C) groups is 6. The van der Waals surface area contributed by atoms with Crippen molar-refractivity contribution in [2.75, 3.05) is 64.7 Å². The summed E-state index contributed by atoms with van der Waals surface area (Å²) in [7, 11) is 0. The van der Waals surface area contributed by atoms with E-state index in [1.165, 1.54) is 24.3 Å². The number of aromatic hydroxyl groups is 1. The lowest BCUT2D eigenvalue weighted by molar-refractivity contribution is -0.142. The Labute approximate surface area is 676 Å². The summed E-state index contributed by atoms with van der Waals surface area (Å²) in [5, 5.41) is 48.0. The van der Waals surface area contributed by atoms with Gasteiger partial charge >= 0.3 is 5.97 Å². The Bertz CT molecular complexity index is 3490. The molecule has 0 saturated carbocycles. The highest BCUT2D eigenvalue weighted by molar-refractivity contribution is 7.80. The van der Waals surface area contributed by atoms with Crippen LogP contribution >= 0.6 is 12.6 Å². The van der Waals surface area contributed by atoms with Crippen LogP contribution in [0.3, 0.4) is 0 Å². The van der Waals surface area contributed by atoms with Crippen molar-refractivity contribution in [3.05, 3.63) is 29.8 Å². The van der Waals surface area contributed by atoms with Crippen molar-refractivity contribution < 1.29 is 72.5 Å². The molecule has 1 aromatic carbocycles. The fourth-order valence-corrected chi connectivity index (χ4v) is 11.0. The third-order valence-electron chi connectivity index (χ3n) is 16.9. The molecule has 0 aromatic heterocycles. The second-order valence-electron chi connectivity index (χ2n) is 26.7. The number of aliphatic carboxylic acids is 1. The first kappa shape index (κ1) is 102. The third-order valence-corrected chi connectivity index (χ3v) is 17.3. The molecule has 1 aromatic rings. The van der Waals surface area contributed by atoms with Gasteiger partial charge in [0.25, 0.3) is 0 Å². The molecule has 0 heterocycles. The number of carbonyl (C=O) groups is 13. The van der Waals surface area contributed by atoms with Crippen molar-refractivity contribution >= 4 is 125 Å². The molecule has 0 spiro atoms. The number of benzene rings is 1. The largest absolute Gasteiger partial charge is 0.508 e. The van der Waals surface area contributed by atoms with Crippen LogP contribution in [0.2, 0.25) is 0 Å². The summed E-state index contributed by atoms with van der Waals surface area (Å²) >= 11 is 4.06. The summed E-state index contributed by atoms with van der Waals surface area (Å²) in [5.74, 6) is -14.8. The molecule has 49 heteroatoms. The van der Waals surface area contributed by atoms with Gasteiger partial charge in [-0.15, -0.1) is 0 Å². The number of phenolic OH excluding ortho intramolecular Hbond substituents is 1. The standard InChI is InChI=1S/C67H123N33O15S/c68-25-3-1-11-40(92-53(106)39(13-5-27-84-62(72)73)91-50(103)34-90-52(105)48(100-51(104)38(70)35-116)33-36-19-21-37(101)22-20-36)54(107)93-41(12-2-4-26-69)55(108)94-42(14-6-28-85-63(74)75)56(109)95-44(16-8-30-87-65(78)79)58(111)98-46(23-24-49(71)102)60(113)97-43(15-7-29-86-64(76)77)57(110)96-45(17-9-31-88-66(80)81)59(112)99-47(61(114)115)18-10-32-89-67(82)83/h19-22,38-48,101,116H,1-18,23-35,68-70H2,(H2,71,102)(H,90,105)(H,91,103)(H,92,106)(H,93,107)(H,94,108)(H,95,109)(H,96,110)(H,97,113)(H,98,111)(H,99,112)(H,100,104)(H,114,115)(H4,72,73,84)(H4,74,75,85)(H4,76,77,86)(H4,78,79,87)(H4,80,81,88)(H4,82,83,89)/t38-,39-,40-,41-,42-,43-,44-,45-,46-,47-,48-/m0/s1. The van der Waals surface area contributed by atoms with Gasteiger partial charge < -0.3 is 160 Å². The monoisotopic (exact) mass is 1660 g/mol. The van der Waals surface area contributed by atoms with Gasteiger partial charge in [0, 0.05) is 57.9 Å². The number of carboxylic acids is 1. The van der Waals surface area contributed by atoms with Crippen LogP contribution in [0.1, 0.15) is 134 Å². The van der Waals surface area contributed by atoms with Gasteiger partial charge in [-0.3, -0.25) is 87.5 Å². The van der Waals surface area contributed by atoms with Gasteiger partial charge in [-0.2, -0.15) is 12.6 Å². The zero-order valence-corrected chi connectivity index (χ0v) is 66.0. The molecule has 0 aliphatic heterocycles. The molecule has 0 unspecified atom stereocenters. The Balaban J connectivity index is 3.94. The highest BCUT2D eigenvalue weighted by Crippen LogP contribution is 2.15. The van der Waals surface area contributed by atoms with Gasteiger partial charge in [-0.25, -0.2) is 4.79 Å². The summed E-state index contributed by atoms with van der Waals surface area (Å²) in [6.45, 7) is -0.819. The molecule has 11 atom stereocenters. The number of primary amides is 1. The maximum Gasteiger partial charge on any atom is 0.326 e. The van der Waals surface area contributed by atoms with Crippen LogP contribution in [-0.4, -0.2) is 254 Å². The zero-order chi connectivity index (χ0) is 87.2. The van der Waals surface area contributed by atoms with E-state index >= 15 is 0 Å². The average Bonchev–Trinajstić information content (AvgIpc) is 0.862. The molecule has 45 N–H and O–H groups in total. The van der Waals surface area contributed by atoms with Crippen LogP contribution in [0.25, 0.3) is 0 Å². The summed E-state index contributed by atoms with van der Waals surface area (Å²) in [4.78, 5) is 205. The summed E-state index contributed by atoms with van der Waals surface area (Å²) in [5.41, 5.74) is 90.1. The first-order valence-electron chi connectivity index (χ1n) is 37.6. The minimum Gasteiger partial charge on any atom is -0.508 e.